The van der Waals surface area contributed by atoms with Crippen molar-refractivity contribution in [1.82, 2.24) is 25.0 Å². The van der Waals surface area contributed by atoms with Crippen LogP contribution < -0.4 is 5.32 Å². The third kappa shape index (κ3) is 5.52. The summed E-state index contributed by atoms with van der Waals surface area (Å²) in [6, 6.07) is 22.2. The zero-order valence-corrected chi connectivity index (χ0v) is 20.1. The molecule has 0 bridgehead atoms. The number of fused-ring (bicyclic) bond motifs is 1. The Kier molecular flexibility index (Phi) is 7.04. The van der Waals surface area contributed by atoms with Crippen molar-refractivity contribution in [2.45, 2.75) is 45.3 Å². The largest absolute Gasteiger partial charge is 0.464 e. The number of hydrogen-bond acceptors (Lipinski definition) is 5. The summed E-state index contributed by atoms with van der Waals surface area (Å²) in [7, 11) is 0. The molecule has 0 fully saturated rings. The topological polar surface area (TPSA) is 76.2 Å². The third-order valence-corrected chi connectivity index (χ3v) is 6.59. The monoisotopic (exact) mass is 469 g/mol. The zero-order chi connectivity index (χ0) is 24.0. The number of rotatable bonds is 8. The molecule has 0 saturated heterocycles. The number of hydrogen-bond donors (Lipinski definition) is 1. The van der Waals surface area contributed by atoms with Crippen LogP contribution in [-0.2, 0) is 30.7 Å². The van der Waals surface area contributed by atoms with E-state index >= 15 is 0 Å². The Morgan fingerprint density at radius 1 is 1.00 bits per heavy atom. The first-order chi connectivity index (χ1) is 17.2. The van der Waals surface area contributed by atoms with Crippen molar-refractivity contribution in [1.29, 1.82) is 0 Å². The molecule has 2 aromatic heterocycles. The highest BCUT2D eigenvalue weighted by Crippen LogP contribution is 2.26. The van der Waals surface area contributed by atoms with Gasteiger partial charge in [-0.3, -0.25) is 9.69 Å². The highest BCUT2D eigenvalue weighted by molar-refractivity contribution is 5.76. The van der Waals surface area contributed by atoms with Gasteiger partial charge in [-0.15, -0.1) is 10.2 Å². The van der Waals surface area contributed by atoms with E-state index in [-0.39, 0.29) is 11.9 Å². The maximum atomic E-state index is 12.6. The molecule has 7 heteroatoms. The van der Waals surface area contributed by atoms with Crippen LogP contribution in [0.25, 0.3) is 11.3 Å². The van der Waals surface area contributed by atoms with Crippen molar-refractivity contribution in [2.75, 3.05) is 13.1 Å². The molecule has 35 heavy (non-hydrogen) atoms. The van der Waals surface area contributed by atoms with Gasteiger partial charge in [0.2, 0.25) is 5.91 Å². The second kappa shape index (κ2) is 10.7. The normalized spacial score (nSPS) is 14.8. The van der Waals surface area contributed by atoms with Gasteiger partial charge in [0.05, 0.1) is 12.3 Å². The number of benzene rings is 2. The molecule has 0 unspecified atom stereocenters. The number of nitrogens with one attached hydrogen (secondary N) is 1. The fourth-order valence-electron chi connectivity index (χ4n) is 4.72. The summed E-state index contributed by atoms with van der Waals surface area (Å²) < 4.78 is 7.83. The summed E-state index contributed by atoms with van der Waals surface area (Å²) in [5, 5.41) is 12.0. The molecule has 7 nitrogen and oxygen atoms in total. The van der Waals surface area contributed by atoms with E-state index < -0.39 is 0 Å². The molecule has 3 heterocycles. The summed E-state index contributed by atoms with van der Waals surface area (Å²) in [6.07, 6.45) is 3.72. The molecule has 0 radical (unpaired) electrons. The smallest absolute Gasteiger partial charge is 0.220 e. The van der Waals surface area contributed by atoms with Gasteiger partial charge in [0, 0.05) is 44.6 Å². The molecular formula is C28H31N5O2. The first-order valence-corrected chi connectivity index (χ1v) is 12.3. The molecule has 1 aliphatic rings. The van der Waals surface area contributed by atoms with Crippen molar-refractivity contribution < 1.29 is 9.21 Å². The quantitative estimate of drug-likeness (QED) is 0.414. The van der Waals surface area contributed by atoms with Crippen molar-refractivity contribution >= 4 is 5.91 Å². The second-order valence-electron chi connectivity index (χ2n) is 9.06. The first kappa shape index (κ1) is 23.1. The van der Waals surface area contributed by atoms with Crippen LogP contribution in [0.4, 0.5) is 0 Å². The van der Waals surface area contributed by atoms with E-state index in [4.69, 9.17) is 4.42 Å². The fourth-order valence-corrected chi connectivity index (χ4v) is 4.72. The van der Waals surface area contributed by atoms with E-state index in [1.54, 1.807) is 6.26 Å². The van der Waals surface area contributed by atoms with Crippen LogP contribution in [0.2, 0.25) is 0 Å². The Morgan fingerprint density at radius 2 is 1.83 bits per heavy atom. The molecule has 0 saturated carbocycles. The van der Waals surface area contributed by atoms with Gasteiger partial charge in [-0.1, -0.05) is 54.6 Å². The van der Waals surface area contributed by atoms with Gasteiger partial charge in [0.15, 0.2) is 5.82 Å². The maximum absolute atomic E-state index is 12.6. The minimum atomic E-state index is -0.189. The van der Waals surface area contributed by atoms with Gasteiger partial charge in [-0.25, -0.2) is 0 Å². The minimum absolute atomic E-state index is 0.0310. The number of carbonyl (C=O) groups excluding carboxylic acids is 1. The highest BCUT2D eigenvalue weighted by atomic mass is 16.3. The van der Waals surface area contributed by atoms with Crippen LogP contribution in [0.15, 0.2) is 77.4 Å². The highest BCUT2D eigenvalue weighted by Gasteiger charge is 2.23. The summed E-state index contributed by atoms with van der Waals surface area (Å²) in [5.74, 6) is 2.73. The SMILES string of the molecule is C[C@H](NC(=O)CCc1ccccc1)c1nnc2n1CCN(Cc1ccccc1-c1ccco1)CC2. The molecular weight excluding hydrogens is 438 g/mol. The van der Waals surface area contributed by atoms with E-state index in [2.05, 4.69) is 43.2 Å². The Morgan fingerprint density at radius 3 is 2.66 bits per heavy atom. The lowest BCUT2D eigenvalue weighted by Gasteiger charge is -2.21. The Balaban J connectivity index is 1.20. The van der Waals surface area contributed by atoms with E-state index in [0.29, 0.717) is 6.42 Å². The second-order valence-corrected chi connectivity index (χ2v) is 9.06. The van der Waals surface area contributed by atoms with Crippen LogP contribution in [0, 0.1) is 0 Å². The van der Waals surface area contributed by atoms with E-state index in [9.17, 15) is 4.79 Å². The van der Waals surface area contributed by atoms with Crippen molar-refractivity contribution in [3.8, 4) is 11.3 Å². The third-order valence-electron chi connectivity index (χ3n) is 6.59. The summed E-state index contributed by atoms with van der Waals surface area (Å²) in [5.41, 5.74) is 3.55. The van der Waals surface area contributed by atoms with Gasteiger partial charge in [0.1, 0.15) is 11.6 Å². The Bertz CT molecular complexity index is 1250. The Labute approximate surface area is 205 Å². The molecule has 1 atom stereocenters. The van der Waals surface area contributed by atoms with Gasteiger partial charge in [-0.2, -0.15) is 0 Å². The van der Waals surface area contributed by atoms with Crippen molar-refractivity contribution in [3.05, 3.63) is 95.8 Å². The lowest BCUT2D eigenvalue weighted by atomic mass is 10.0. The van der Waals surface area contributed by atoms with Gasteiger partial charge < -0.3 is 14.3 Å². The molecule has 1 N–H and O–H groups in total. The minimum Gasteiger partial charge on any atom is -0.464 e. The molecule has 1 aliphatic heterocycles. The number of nitrogens with zero attached hydrogens (tertiary/aromatic N) is 4. The van der Waals surface area contributed by atoms with Crippen LogP contribution >= 0.6 is 0 Å². The summed E-state index contributed by atoms with van der Waals surface area (Å²) in [6.45, 7) is 5.42. The standard InChI is InChI=1S/C28H31N5O2/c1-21(29-27(34)14-13-22-8-3-2-4-9-22)28-31-30-26-15-16-32(17-18-33(26)28)20-23-10-5-6-11-24(23)25-12-7-19-35-25/h2-12,19,21H,13-18,20H2,1H3,(H,29,34)/t21-/m0/s1. The summed E-state index contributed by atoms with van der Waals surface area (Å²) >= 11 is 0. The average molecular weight is 470 g/mol. The number of furan rings is 1. The molecule has 0 aliphatic carbocycles. The predicted octanol–water partition coefficient (Wildman–Crippen LogP) is 4.41. The molecule has 1 amide bonds. The van der Waals surface area contributed by atoms with E-state index in [1.165, 1.54) is 11.1 Å². The number of aromatic nitrogens is 3. The number of carbonyl (C=O) groups is 1. The molecule has 0 spiro atoms. The average Bonchev–Trinajstić information content (AvgIpc) is 3.52. The van der Waals surface area contributed by atoms with Crippen LogP contribution in [-0.4, -0.2) is 38.7 Å². The summed E-state index contributed by atoms with van der Waals surface area (Å²) in [4.78, 5) is 15.0. The number of amides is 1. The van der Waals surface area contributed by atoms with Gasteiger partial charge in [-0.05, 0) is 36.6 Å². The predicted molar refractivity (Wildman–Crippen MR) is 134 cm³/mol. The van der Waals surface area contributed by atoms with Crippen molar-refractivity contribution in [3.63, 3.8) is 0 Å². The maximum Gasteiger partial charge on any atom is 0.220 e. The zero-order valence-electron chi connectivity index (χ0n) is 20.1. The molecule has 4 aromatic rings. The first-order valence-electron chi connectivity index (χ1n) is 12.3. The van der Waals surface area contributed by atoms with Gasteiger partial charge in [0.25, 0.3) is 0 Å². The van der Waals surface area contributed by atoms with Crippen LogP contribution in [0.3, 0.4) is 0 Å². The lowest BCUT2D eigenvalue weighted by Crippen LogP contribution is -2.30. The van der Waals surface area contributed by atoms with E-state index in [0.717, 1.165) is 62.0 Å². The number of aryl methyl sites for hydroxylation is 1. The van der Waals surface area contributed by atoms with Gasteiger partial charge >= 0.3 is 0 Å². The molecule has 2 aromatic carbocycles. The Hall–Kier alpha value is -3.71. The van der Waals surface area contributed by atoms with Crippen LogP contribution in [0.5, 0.6) is 0 Å². The fraction of sp³-hybridized carbons (Fsp3) is 0.321. The molecule has 5 rings (SSSR count). The van der Waals surface area contributed by atoms with E-state index in [1.807, 2.05) is 55.5 Å². The van der Waals surface area contributed by atoms with Crippen LogP contribution in [0.1, 0.15) is 42.2 Å². The molecule has 180 valence electrons. The van der Waals surface area contributed by atoms with Crippen molar-refractivity contribution in [2.24, 2.45) is 0 Å². The lowest BCUT2D eigenvalue weighted by molar-refractivity contribution is -0.121.